The van der Waals surface area contributed by atoms with Crippen molar-refractivity contribution in [1.82, 2.24) is 0 Å². The summed E-state index contributed by atoms with van der Waals surface area (Å²) in [6.07, 6.45) is 0. The minimum atomic E-state index is -1.04. The summed E-state index contributed by atoms with van der Waals surface area (Å²) in [4.78, 5) is 11.7. The van der Waals surface area contributed by atoms with Gasteiger partial charge in [-0.05, 0) is 46.9 Å². The molecule has 0 aliphatic rings. The number of halogens is 1. The van der Waals surface area contributed by atoms with E-state index >= 15 is 0 Å². The van der Waals surface area contributed by atoms with Crippen molar-refractivity contribution >= 4 is 17.6 Å². The second-order valence-corrected chi connectivity index (χ2v) is 7.69. The summed E-state index contributed by atoms with van der Waals surface area (Å²) in [5.74, 6) is -0.198. The van der Waals surface area contributed by atoms with Crippen LogP contribution < -0.4 is 4.74 Å². The topological polar surface area (TPSA) is 50.1 Å². The molecule has 0 aliphatic carbocycles. The Balaban J connectivity index is 2.27. The number of nitriles is 1. The van der Waals surface area contributed by atoms with Crippen LogP contribution >= 0.6 is 11.6 Å². The molecule has 29 heavy (non-hydrogen) atoms. The van der Waals surface area contributed by atoms with Crippen LogP contribution in [0.25, 0.3) is 11.1 Å². The number of carbonyl (C=O) groups excluding carboxylic acids is 1. The molecule has 0 saturated heterocycles. The first-order chi connectivity index (χ1) is 13.9. The van der Waals surface area contributed by atoms with Crippen molar-refractivity contribution in [2.45, 2.75) is 26.2 Å². The molecule has 0 aliphatic heterocycles. The molecular weight excluding hydrogens is 382 g/mol. The van der Waals surface area contributed by atoms with Crippen molar-refractivity contribution in [3.05, 3.63) is 88.9 Å². The van der Waals surface area contributed by atoms with Crippen LogP contribution in [0.2, 0.25) is 5.02 Å². The van der Waals surface area contributed by atoms with E-state index in [9.17, 15) is 10.1 Å². The predicted octanol–water partition coefficient (Wildman–Crippen LogP) is 6.40. The highest BCUT2D eigenvalue weighted by Gasteiger charge is 2.41. The van der Waals surface area contributed by atoms with Gasteiger partial charge in [-0.3, -0.25) is 4.79 Å². The molecule has 3 aromatic rings. The highest BCUT2D eigenvalue weighted by atomic mass is 35.5. The molecule has 0 amide bonds. The van der Waals surface area contributed by atoms with Gasteiger partial charge in [0.2, 0.25) is 0 Å². The molecule has 0 aromatic heterocycles. The lowest BCUT2D eigenvalue weighted by Gasteiger charge is -2.33. The van der Waals surface area contributed by atoms with Crippen LogP contribution in [0.5, 0.6) is 5.75 Å². The molecule has 1 unspecified atom stereocenters. The van der Waals surface area contributed by atoms with Gasteiger partial charge in [0.05, 0.1) is 6.07 Å². The lowest BCUT2D eigenvalue weighted by molar-refractivity contribution is -0.131. The molecule has 3 nitrogen and oxygen atoms in total. The van der Waals surface area contributed by atoms with Gasteiger partial charge in [-0.25, -0.2) is 0 Å². The zero-order valence-electron chi connectivity index (χ0n) is 16.6. The van der Waals surface area contributed by atoms with E-state index in [4.69, 9.17) is 16.3 Å². The summed E-state index contributed by atoms with van der Waals surface area (Å²) in [6.45, 7) is 5.31. The molecule has 3 aromatic carbocycles. The summed E-state index contributed by atoms with van der Waals surface area (Å²) in [6, 6.07) is 25.5. The smallest absolute Gasteiger partial charge is 0.308 e. The van der Waals surface area contributed by atoms with E-state index in [0.717, 1.165) is 16.7 Å². The molecular formula is C25H22ClNO2. The number of benzene rings is 3. The fourth-order valence-corrected chi connectivity index (χ4v) is 3.85. The average Bonchev–Trinajstić information content (AvgIpc) is 2.71. The molecule has 0 saturated carbocycles. The second kappa shape index (κ2) is 8.51. The Morgan fingerprint density at radius 3 is 2.31 bits per heavy atom. The highest BCUT2D eigenvalue weighted by molar-refractivity contribution is 6.30. The highest BCUT2D eigenvalue weighted by Crippen LogP contribution is 2.45. The zero-order chi connectivity index (χ0) is 21.0. The predicted molar refractivity (Wildman–Crippen MR) is 116 cm³/mol. The van der Waals surface area contributed by atoms with Gasteiger partial charge >= 0.3 is 5.97 Å². The Hall–Kier alpha value is -3.09. The molecule has 0 bridgehead atoms. The largest absolute Gasteiger partial charge is 0.426 e. The number of rotatable bonds is 5. The lowest BCUT2D eigenvalue weighted by Crippen LogP contribution is -2.33. The molecule has 0 spiro atoms. The first-order valence-electron chi connectivity index (χ1n) is 9.44. The minimum absolute atomic E-state index is 0.105. The fourth-order valence-electron chi connectivity index (χ4n) is 3.68. The third kappa shape index (κ3) is 4.04. The molecule has 0 N–H and O–H groups in total. The number of hydrogen-bond donors (Lipinski definition) is 0. The number of ether oxygens (including phenoxy) is 1. The second-order valence-electron chi connectivity index (χ2n) is 7.26. The van der Waals surface area contributed by atoms with Crippen LogP contribution in [0.3, 0.4) is 0 Å². The van der Waals surface area contributed by atoms with Gasteiger partial charge in [-0.15, -0.1) is 0 Å². The Labute approximate surface area is 176 Å². The van der Waals surface area contributed by atoms with E-state index in [-0.39, 0.29) is 5.92 Å². The SMILES string of the molecule is CC(=O)Oc1ccc(Cl)cc1C(C#N)(c1cccc(-c2ccccc2)c1)C(C)C. The van der Waals surface area contributed by atoms with Crippen LogP contribution in [0, 0.1) is 17.2 Å². The zero-order valence-corrected chi connectivity index (χ0v) is 17.4. The van der Waals surface area contributed by atoms with Crippen molar-refractivity contribution in [2.24, 2.45) is 5.92 Å². The van der Waals surface area contributed by atoms with Crippen LogP contribution in [-0.2, 0) is 10.2 Å². The summed E-state index contributed by atoms with van der Waals surface area (Å²) in [7, 11) is 0. The van der Waals surface area contributed by atoms with E-state index in [0.29, 0.717) is 16.3 Å². The number of carbonyl (C=O) groups is 1. The van der Waals surface area contributed by atoms with Crippen LogP contribution in [0.4, 0.5) is 0 Å². The summed E-state index contributed by atoms with van der Waals surface area (Å²) < 4.78 is 5.45. The average molecular weight is 404 g/mol. The van der Waals surface area contributed by atoms with Crippen molar-refractivity contribution in [3.8, 4) is 22.9 Å². The molecule has 0 fully saturated rings. The van der Waals surface area contributed by atoms with Crippen molar-refractivity contribution in [3.63, 3.8) is 0 Å². The lowest BCUT2D eigenvalue weighted by atomic mass is 9.67. The summed E-state index contributed by atoms with van der Waals surface area (Å²) >= 11 is 6.29. The maximum absolute atomic E-state index is 11.7. The van der Waals surface area contributed by atoms with Crippen molar-refractivity contribution in [1.29, 1.82) is 5.26 Å². The van der Waals surface area contributed by atoms with Crippen LogP contribution in [0.15, 0.2) is 72.8 Å². The monoisotopic (exact) mass is 403 g/mol. The summed E-state index contributed by atoms with van der Waals surface area (Å²) in [5, 5.41) is 10.9. The molecule has 1 atom stereocenters. The Morgan fingerprint density at radius 2 is 1.69 bits per heavy atom. The molecule has 3 rings (SSSR count). The van der Waals surface area contributed by atoms with Gasteiger partial charge in [0.25, 0.3) is 0 Å². The third-order valence-corrected chi connectivity index (χ3v) is 5.32. The van der Waals surface area contributed by atoms with E-state index in [1.165, 1.54) is 6.92 Å². The standard InChI is InChI=1S/C25H22ClNO2/c1-17(2)25(16-27,23-15-22(26)12-13-24(23)29-18(3)28)21-11-7-10-20(14-21)19-8-5-4-6-9-19/h4-15,17H,1-3H3. The van der Waals surface area contributed by atoms with Gasteiger partial charge in [0, 0.05) is 17.5 Å². The maximum Gasteiger partial charge on any atom is 0.308 e. The molecule has 0 radical (unpaired) electrons. The number of hydrogen-bond acceptors (Lipinski definition) is 3. The van der Waals surface area contributed by atoms with Gasteiger partial charge < -0.3 is 4.74 Å². The Kier molecular flexibility index (Phi) is 6.06. The van der Waals surface area contributed by atoms with Gasteiger partial charge in [0.15, 0.2) is 0 Å². The Bertz CT molecular complexity index is 1070. The first-order valence-corrected chi connectivity index (χ1v) is 9.82. The van der Waals surface area contributed by atoms with Crippen molar-refractivity contribution < 1.29 is 9.53 Å². The van der Waals surface area contributed by atoms with Crippen LogP contribution in [0.1, 0.15) is 31.9 Å². The van der Waals surface area contributed by atoms with E-state index in [1.54, 1.807) is 18.2 Å². The normalized spacial score (nSPS) is 12.8. The molecule has 146 valence electrons. The number of nitrogens with zero attached hydrogens (tertiary/aromatic N) is 1. The fraction of sp³-hybridized carbons (Fsp3) is 0.200. The van der Waals surface area contributed by atoms with E-state index in [1.807, 2.05) is 68.4 Å². The van der Waals surface area contributed by atoms with Crippen LogP contribution in [-0.4, -0.2) is 5.97 Å². The molecule has 0 heterocycles. The third-order valence-electron chi connectivity index (χ3n) is 5.09. The van der Waals surface area contributed by atoms with Gasteiger partial charge in [0.1, 0.15) is 11.2 Å². The summed E-state index contributed by atoms with van der Waals surface area (Å²) in [5.41, 5.74) is 2.45. The minimum Gasteiger partial charge on any atom is -0.426 e. The van der Waals surface area contributed by atoms with Gasteiger partial charge in [-0.1, -0.05) is 74.0 Å². The van der Waals surface area contributed by atoms with Gasteiger partial charge in [-0.2, -0.15) is 5.26 Å². The van der Waals surface area contributed by atoms with E-state index in [2.05, 4.69) is 6.07 Å². The number of esters is 1. The first kappa shape index (κ1) is 20.6. The molecule has 4 heteroatoms. The maximum atomic E-state index is 11.7. The Morgan fingerprint density at radius 1 is 1.00 bits per heavy atom. The quantitative estimate of drug-likeness (QED) is 0.366. The van der Waals surface area contributed by atoms with E-state index < -0.39 is 11.4 Å². The van der Waals surface area contributed by atoms with Crippen molar-refractivity contribution in [2.75, 3.05) is 0 Å².